The van der Waals surface area contributed by atoms with E-state index in [4.69, 9.17) is 5.41 Å². The number of hydrogen-bond acceptors (Lipinski definition) is 4. The molecule has 0 saturated heterocycles. The van der Waals surface area contributed by atoms with Gasteiger partial charge in [-0.05, 0) is 18.2 Å². The second kappa shape index (κ2) is 7.09. The molecule has 0 unspecified atom stereocenters. The van der Waals surface area contributed by atoms with E-state index in [1.807, 2.05) is 0 Å². The fourth-order valence-corrected chi connectivity index (χ4v) is 1.41. The van der Waals surface area contributed by atoms with Crippen molar-refractivity contribution in [2.24, 2.45) is 0 Å². The van der Waals surface area contributed by atoms with Crippen molar-refractivity contribution in [3.8, 4) is 0 Å². The molecule has 0 aromatic heterocycles. The van der Waals surface area contributed by atoms with Gasteiger partial charge in [0.1, 0.15) is 0 Å². The molecule has 7 heteroatoms. The monoisotopic (exact) mass is 291 g/mol. The Morgan fingerprint density at radius 3 is 2.52 bits per heavy atom. The molecule has 2 amide bonds. The fraction of sp³-hybridized carbons (Fsp3) is 0.143. The first-order chi connectivity index (χ1) is 9.86. The number of aldehydes is 1. The topological polar surface area (TPSA) is 90.3 Å². The predicted octanol–water partition coefficient (Wildman–Crippen LogP) is 1.24. The van der Waals surface area contributed by atoms with Gasteiger partial charge in [-0.1, -0.05) is 6.07 Å². The summed E-state index contributed by atoms with van der Waals surface area (Å²) in [5.41, 5.74) is -0.709. The maximum atomic E-state index is 14.1. The second-order valence-corrected chi connectivity index (χ2v) is 4.26. The number of nitrogens with zero attached hydrogens (tertiary/aromatic N) is 1. The van der Waals surface area contributed by atoms with Crippen molar-refractivity contribution in [3.63, 3.8) is 0 Å². The predicted molar refractivity (Wildman–Crippen MR) is 76.0 cm³/mol. The Morgan fingerprint density at radius 1 is 1.29 bits per heavy atom. The third kappa shape index (κ3) is 4.34. The molecule has 0 aliphatic rings. The molecule has 1 aromatic rings. The van der Waals surface area contributed by atoms with Gasteiger partial charge < -0.3 is 10.2 Å². The van der Waals surface area contributed by atoms with E-state index in [1.54, 1.807) is 0 Å². The highest BCUT2D eigenvalue weighted by molar-refractivity contribution is 6.33. The van der Waals surface area contributed by atoms with Gasteiger partial charge >= 0.3 is 0 Å². The minimum absolute atomic E-state index is 0.157. The average molecular weight is 291 g/mol. The lowest BCUT2D eigenvalue weighted by atomic mass is 10.1. The Labute approximate surface area is 120 Å². The van der Waals surface area contributed by atoms with Crippen LogP contribution >= 0.6 is 0 Å². The molecule has 2 N–H and O–H groups in total. The quantitative estimate of drug-likeness (QED) is 0.486. The van der Waals surface area contributed by atoms with E-state index in [2.05, 4.69) is 5.32 Å². The molecule has 0 aliphatic heterocycles. The molecule has 110 valence electrons. The largest absolute Gasteiger partial charge is 0.345 e. The van der Waals surface area contributed by atoms with Crippen LogP contribution in [0.25, 0.3) is 0 Å². The second-order valence-electron chi connectivity index (χ2n) is 4.26. The van der Waals surface area contributed by atoms with Crippen LogP contribution in [0, 0.1) is 11.2 Å². The van der Waals surface area contributed by atoms with E-state index in [0.29, 0.717) is 0 Å². The van der Waals surface area contributed by atoms with Crippen LogP contribution in [0.4, 0.5) is 10.1 Å². The van der Waals surface area contributed by atoms with Crippen molar-refractivity contribution in [1.29, 1.82) is 5.41 Å². The summed E-state index contributed by atoms with van der Waals surface area (Å²) in [6.07, 6.45) is 2.17. The van der Waals surface area contributed by atoms with E-state index in [-0.39, 0.29) is 23.2 Å². The van der Waals surface area contributed by atoms with Crippen molar-refractivity contribution < 1.29 is 18.8 Å². The van der Waals surface area contributed by atoms with Crippen LogP contribution in [0.1, 0.15) is 10.4 Å². The lowest BCUT2D eigenvalue weighted by Gasteiger charge is -2.12. The van der Waals surface area contributed by atoms with Crippen molar-refractivity contribution in [2.75, 3.05) is 19.4 Å². The third-order valence-corrected chi connectivity index (χ3v) is 2.43. The number of rotatable bonds is 5. The maximum absolute atomic E-state index is 14.1. The number of carbonyl (C=O) groups excluding carboxylic acids is 3. The molecule has 0 heterocycles. The molecule has 1 aromatic carbocycles. The average Bonchev–Trinajstić information content (AvgIpc) is 2.46. The number of hydrogen-bond donors (Lipinski definition) is 2. The van der Waals surface area contributed by atoms with Crippen LogP contribution in [-0.2, 0) is 9.59 Å². The van der Waals surface area contributed by atoms with Gasteiger partial charge in [-0.25, -0.2) is 4.39 Å². The molecular weight excluding hydrogens is 277 g/mol. The number of amides is 2. The first-order valence-electron chi connectivity index (χ1n) is 5.89. The molecular formula is C14H14FN3O3. The van der Waals surface area contributed by atoms with E-state index in [9.17, 15) is 18.8 Å². The lowest BCUT2D eigenvalue weighted by Crippen LogP contribution is -2.23. The lowest BCUT2D eigenvalue weighted by molar-refractivity contribution is -0.112. The van der Waals surface area contributed by atoms with Crippen LogP contribution < -0.4 is 5.32 Å². The van der Waals surface area contributed by atoms with E-state index in [0.717, 1.165) is 12.2 Å². The van der Waals surface area contributed by atoms with Crippen LogP contribution in [0.3, 0.4) is 0 Å². The first kappa shape index (κ1) is 16.2. The van der Waals surface area contributed by atoms with Gasteiger partial charge in [0.25, 0.3) is 5.91 Å². The molecule has 21 heavy (non-hydrogen) atoms. The summed E-state index contributed by atoms with van der Waals surface area (Å²) in [7, 11) is 2.97. The third-order valence-electron chi connectivity index (χ3n) is 2.43. The van der Waals surface area contributed by atoms with Crippen molar-refractivity contribution in [1.82, 2.24) is 4.90 Å². The van der Waals surface area contributed by atoms with Crippen molar-refractivity contribution in [2.45, 2.75) is 0 Å². The molecule has 1 rings (SSSR count). The summed E-state index contributed by atoms with van der Waals surface area (Å²) in [6.45, 7) is 0. The van der Waals surface area contributed by atoms with E-state index < -0.39 is 17.6 Å². The van der Waals surface area contributed by atoms with Gasteiger partial charge in [0, 0.05) is 20.2 Å². The van der Waals surface area contributed by atoms with Gasteiger partial charge in [-0.15, -0.1) is 0 Å². The molecule has 0 bridgehead atoms. The van der Waals surface area contributed by atoms with Gasteiger partial charge in [0.05, 0.1) is 17.0 Å². The van der Waals surface area contributed by atoms with Gasteiger partial charge in [-0.3, -0.25) is 19.8 Å². The van der Waals surface area contributed by atoms with Crippen LogP contribution in [0.15, 0.2) is 30.4 Å². The SMILES string of the molecule is CN(C)C(=O)c1cccc(NC(=O)/C=C\C(=N)C=O)c1F. The minimum Gasteiger partial charge on any atom is -0.345 e. The highest BCUT2D eigenvalue weighted by atomic mass is 19.1. The number of halogens is 1. The molecule has 0 aliphatic carbocycles. The van der Waals surface area contributed by atoms with Gasteiger partial charge in [-0.2, -0.15) is 0 Å². The highest BCUT2D eigenvalue weighted by Gasteiger charge is 2.17. The van der Waals surface area contributed by atoms with Crippen molar-refractivity contribution >= 4 is 29.5 Å². The summed E-state index contributed by atoms with van der Waals surface area (Å²) in [5, 5.41) is 9.27. The Bertz CT molecular complexity index is 624. The summed E-state index contributed by atoms with van der Waals surface area (Å²) >= 11 is 0. The summed E-state index contributed by atoms with van der Waals surface area (Å²) in [4.78, 5) is 34.7. The normalized spacial score (nSPS) is 10.2. The van der Waals surface area contributed by atoms with Crippen molar-refractivity contribution in [3.05, 3.63) is 41.7 Å². The van der Waals surface area contributed by atoms with Crippen LogP contribution in [0.2, 0.25) is 0 Å². The zero-order valence-corrected chi connectivity index (χ0v) is 11.5. The van der Waals surface area contributed by atoms with Crippen LogP contribution in [0.5, 0.6) is 0 Å². The Kier molecular flexibility index (Phi) is 5.48. The Morgan fingerprint density at radius 2 is 1.95 bits per heavy atom. The number of nitrogens with one attached hydrogen (secondary N) is 2. The standard InChI is InChI=1S/C14H14FN3O3/c1-18(2)14(21)10-4-3-5-11(13(10)15)17-12(20)7-6-9(16)8-19/h3-8,16H,1-2H3,(H,17,20)/b7-6-,16-9?. The Hall–Kier alpha value is -2.83. The number of anilines is 1. The number of carbonyl (C=O) groups is 3. The number of benzene rings is 1. The molecule has 0 saturated carbocycles. The summed E-state index contributed by atoms with van der Waals surface area (Å²) < 4.78 is 14.1. The number of allylic oxidation sites excluding steroid dienone is 1. The zero-order chi connectivity index (χ0) is 16.0. The van der Waals surface area contributed by atoms with Crippen LogP contribution in [-0.4, -0.2) is 42.8 Å². The smallest absolute Gasteiger partial charge is 0.256 e. The molecule has 6 nitrogen and oxygen atoms in total. The first-order valence-corrected chi connectivity index (χ1v) is 5.89. The van der Waals surface area contributed by atoms with E-state index in [1.165, 1.54) is 37.2 Å². The van der Waals surface area contributed by atoms with E-state index >= 15 is 0 Å². The molecule has 0 fully saturated rings. The molecule has 0 radical (unpaired) electrons. The molecule has 0 spiro atoms. The highest BCUT2D eigenvalue weighted by Crippen LogP contribution is 2.19. The fourth-order valence-electron chi connectivity index (χ4n) is 1.41. The minimum atomic E-state index is -0.844. The molecule has 0 atom stereocenters. The Balaban J connectivity index is 2.95. The maximum Gasteiger partial charge on any atom is 0.256 e. The zero-order valence-electron chi connectivity index (χ0n) is 11.5. The summed E-state index contributed by atoms with van der Waals surface area (Å²) in [6, 6.07) is 4.05. The van der Waals surface area contributed by atoms with Gasteiger partial charge in [0.2, 0.25) is 5.91 Å². The van der Waals surface area contributed by atoms with Gasteiger partial charge in [0.15, 0.2) is 12.1 Å². The summed E-state index contributed by atoms with van der Waals surface area (Å²) in [5.74, 6) is -2.08.